The molecule has 8 nitrogen and oxygen atoms in total. The third-order valence-electron chi connectivity index (χ3n) is 9.86. The van der Waals surface area contributed by atoms with Gasteiger partial charge in [-0.3, -0.25) is 13.9 Å². The van der Waals surface area contributed by atoms with E-state index in [1.165, 1.54) is 41.7 Å². The van der Waals surface area contributed by atoms with Crippen molar-refractivity contribution in [2.75, 3.05) is 53.2 Å². The van der Waals surface area contributed by atoms with Crippen molar-refractivity contribution < 1.29 is 27.4 Å². The maximum absolute atomic E-state index is 16.2. The van der Waals surface area contributed by atoms with E-state index < -0.39 is 11.6 Å². The maximum Gasteiger partial charge on any atom is 0.246 e. The molecule has 12 heteroatoms. The topological polar surface area (TPSA) is 72.7 Å². The molecule has 2 aromatic carbocycles. The lowest BCUT2D eigenvalue weighted by Crippen LogP contribution is -2.40. The Morgan fingerprint density at radius 2 is 1.84 bits per heavy atom. The highest BCUT2D eigenvalue weighted by Gasteiger charge is 2.31. The Morgan fingerprint density at radius 3 is 2.63 bits per heavy atom. The van der Waals surface area contributed by atoms with Gasteiger partial charge < -0.3 is 19.3 Å². The molecule has 0 aliphatic carbocycles. The van der Waals surface area contributed by atoms with Gasteiger partial charge in [0.15, 0.2) is 0 Å². The molecule has 5 aromatic rings. The van der Waals surface area contributed by atoms with E-state index in [1.54, 1.807) is 4.90 Å². The second-order valence-corrected chi connectivity index (χ2v) is 13.8. The number of nitrogens with zero attached hydrogens (tertiary/aromatic N) is 5. The van der Waals surface area contributed by atoms with Gasteiger partial charge >= 0.3 is 0 Å². The summed E-state index contributed by atoms with van der Waals surface area (Å²) in [6, 6.07) is 12.1. The van der Waals surface area contributed by atoms with Gasteiger partial charge in [0.25, 0.3) is 0 Å². The molecule has 266 valence electrons. The van der Waals surface area contributed by atoms with Gasteiger partial charge in [-0.05, 0) is 67.0 Å². The Hall–Kier alpha value is -4.52. The maximum atomic E-state index is 16.2. The van der Waals surface area contributed by atoms with Crippen molar-refractivity contribution in [2.24, 2.45) is 0 Å². The lowest BCUT2D eigenvalue weighted by atomic mass is 9.94. The summed E-state index contributed by atoms with van der Waals surface area (Å²) in [5, 5.41) is 7.74. The van der Waals surface area contributed by atoms with E-state index in [-0.39, 0.29) is 43.2 Å². The number of ether oxygens (including phenoxy) is 2. The third-order valence-corrected chi connectivity index (χ3v) is 10.8. The molecule has 3 aromatic heterocycles. The number of hydrogen-bond acceptors (Lipinski definition) is 7. The van der Waals surface area contributed by atoms with Crippen LogP contribution < -0.4 is 4.74 Å². The number of halogens is 3. The second kappa shape index (κ2) is 15.0. The predicted molar refractivity (Wildman–Crippen MR) is 194 cm³/mol. The van der Waals surface area contributed by atoms with E-state index in [0.29, 0.717) is 36.5 Å². The van der Waals surface area contributed by atoms with E-state index in [2.05, 4.69) is 29.7 Å². The zero-order valence-corrected chi connectivity index (χ0v) is 29.6. The van der Waals surface area contributed by atoms with Crippen LogP contribution in [0.25, 0.3) is 43.9 Å². The van der Waals surface area contributed by atoms with Crippen molar-refractivity contribution in [2.45, 2.75) is 38.8 Å². The summed E-state index contributed by atoms with van der Waals surface area (Å²) in [5.74, 6) is -1.67. The van der Waals surface area contributed by atoms with E-state index in [1.807, 2.05) is 29.1 Å². The van der Waals surface area contributed by atoms with E-state index >= 15 is 4.39 Å². The largest absolute Gasteiger partial charge is 0.490 e. The molecular weight excluding hydrogens is 676 g/mol. The molecule has 1 atom stereocenters. The first kappa shape index (κ1) is 34.9. The number of carbonyl (C=O) groups is 1. The Bertz CT molecular complexity index is 2100. The summed E-state index contributed by atoms with van der Waals surface area (Å²) < 4.78 is 57.6. The van der Waals surface area contributed by atoms with Crippen LogP contribution in [0.1, 0.15) is 36.2 Å². The average molecular weight is 716 g/mol. The van der Waals surface area contributed by atoms with Crippen molar-refractivity contribution in [3.05, 3.63) is 89.0 Å². The molecule has 0 saturated carbocycles. The predicted octanol–water partition coefficient (Wildman–Crippen LogP) is 7.65. The second-order valence-electron chi connectivity index (χ2n) is 12.9. The van der Waals surface area contributed by atoms with Gasteiger partial charge in [0, 0.05) is 66.6 Å². The number of fused-ring (bicyclic) bond motifs is 3. The first-order chi connectivity index (χ1) is 24.8. The number of rotatable bonds is 11. The molecule has 51 heavy (non-hydrogen) atoms. The van der Waals surface area contributed by atoms with Gasteiger partial charge in [-0.25, -0.2) is 13.8 Å². The lowest BCUT2D eigenvalue weighted by molar-refractivity contribution is -0.129. The number of thiophene rings is 1. The van der Waals surface area contributed by atoms with Gasteiger partial charge in [-0.2, -0.15) is 5.10 Å². The molecule has 0 bridgehead atoms. The molecule has 0 spiro atoms. The Labute approximate surface area is 299 Å². The van der Waals surface area contributed by atoms with Gasteiger partial charge in [-0.1, -0.05) is 18.7 Å². The fraction of sp³-hybridized carbons (Fsp3) is 0.359. The van der Waals surface area contributed by atoms with Crippen LogP contribution in [0.3, 0.4) is 0 Å². The molecule has 0 saturated heterocycles. The van der Waals surface area contributed by atoms with Gasteiger partial charge in [0.2, 0.25) is 5.91 Å². The number of aromatic nitrogens is 3. The monoisotopic (exact) mass is 715 g/mol. The van der Waals surface area contributed by atoms with Crippen LogP contribution in [-0.4, -0.2) is 83.6 Å². The molecule has 2 aliphatic heterocycles. The van der Waals surface area contributed by atoms with Crippen molar-refractivity contribution >= 4 is 27.3 Å². The molecule has 5 heterocycles. The fourth-order valence-corrected chi connectivity index (χ4v) is 8.21. The van der Waals surface area contributed by atoms with Gasteiger partial charge in [0.05, 0.1) is 42.8 Å². The van der Waals surface area contributed by atoms with Crippen molar-refractivity contribution in [1.82, 2.24) is 24.6 Å². The van der Waals surface area contributed by atoms with Crippen LogP contribution in [0.4, 0.5) is 13.2 Å². The smallest absolute Gasteiger partial charge is 0.246 e. The van der Waals surface area contributed by atoms with Crippen molar-refractivity contribution in [3.8, 4) is 39.5 Å². The number of alkyl halides is 1. The summed E-state index contributed by atoms with van der Waals surface area (Å²) in [6.07, 6.45) is 3.56. The molecule has 1 amide bonds. The van der Waals surface area contributed by atoms with Crippen molar-refractivity contribution in [1.29, 1.82) is 0 Å². The highest BCUT2D eigenvalue weighted by Crippen LogP contribution is 2.47. The molecular formula is C39H40F3N5O3S. The fourth-order valence-electron chi connectivity index (χ4n) is 7.27. The highest BCUT2D eigenvalue weighted by molar-refractivity contribution is 7.18. The van der Waals surface area contributed by atoms with E-state index in [4.69, 9.17) is 19.6 Å². The molecule has 0 N–H and O–H groups in total. The number of pyridine rings is 1. The Morgan fingerprint density at radius 1 is 1.02 bits per heavy atom. The van der Waals surface area contributed by atoms with Gasteiger partial charge in [-0.15, -0.1) is 11.3 Å². The Balaban J connectivity index is 1.42. The van der Waals surface area contributed by atoms with Crippen LogP contribution in [0.2, 0.25) is 0 Å². The zero-order valence-electron chi connectivity index (χ0n) is 28.8. The lowest BCUT2D eigenvalue weighted by Gasteiger charge is -2.33. The minimum Gasteiger partial charge on any atom is -0.490 e. The van der Waals surface area contributed by atoms with Crippen LogP contribution in [0.5, 0.6) is 5.75 Å². The van der Waals surface area contributed by atoms with E-state index in [9.17, 15) is 13.6 Å². The minimum absolute atomic E-state index is 0.0393. The molecule has 2 aliphatic rings. The average Bonchev–Trinajstić information content (AvgIpc) is 3.75. The number of methoxy groups -OCH3 is 1. The summed E-state index contributed by atoms with van der Waals surface area (Å²) in [5.41, 5.74) is 6.40. The van der Waals surface area contributed by atoms with Crippen LogP contribution >= 0.6 is 11.3 Å². The molecule has 1 unspecified atom stereocenters. The standard InChI is InChI=1S/C39H40F3N5O3S/c1-4-34(48)46-15-16-47-32(24(46)2)23-31(44-47)38-36(35-30(42)21-28(41)22-33(35)50-18-17-49-3)39-29(10-19-51-39)37(43-38)27-7-6-25-8-13-45(12-5-11-40)14-9-26(25)20-27/h4,6-7,10,19-24H,1,5,8-9,11-18H2,2-3H3. The molecule has 0 radical (unpaired) electrons. The molecule has 0 fully saturated rings. The summed E-state index contributed by atoms with van der Waals surface area (Å²) in [4.78, 5) is 22.0. The minimum atomic E-state index is -0.782. The first-order valence-corrected chi connectivity index (χ1v) is 18.1. The van der Waals surface area contributed by atoms with Gasteiger partial charge in [0.1, 0.15) is 35.4 Å². The normalized spacial score (nSPS) is 16.2. The molecule has 7 rings (SSSR count). The number of benzene rings is 2. The van der Waals surface area contributed by atoms with Crippen LogP contribution in [-0.2, 0) is 28.9 Å². The Kier molecular flexibility index (Phi) is 10.3. The number of hydrogen-bond donors (Lipinski definition) is 0. The highest BCUT2D eigenvalue weighted by atomic mass is 32.1. The number of carbonyl (C=O) groups excluding carboxylic acids is 1. The zero-order chi connectivity index (χ0) is 35.6. The summed E-state index contributed by atoms with van der Waals surface area (Å²) in [6.45, 7) is 9.00. The first-order valence-electron chi connectivity index (χ1n) is 17.2. The quantitative estimate of drug-likeness (QED) is 0.103. The van der Waals surface area contributed by atoms with Crippen molar-refractivity contribution in [3.63, 3.8) is 0 Å². The SMILES string of the molecule is C=CC(=O)N1CCn2nc(-c3nc(-c4ccc5c(c4)CCN(CCCF)CC5)c4ccsc4c3-c3c(F)cc(F)cc3OCCOC)cc2C1C. The summed E-state index contributed by atoms with van der Waals surface area (Å²) >= 11 is 1.44. The summed E-state index contributed by atoms with van der Waals surface area (Å²) in [7, 11) is 1.53. The number of amides is 1. The van der Waals surface area contributed by atoms with E-state index in [0.717, 1.165) is 65.6 Å². The van der Waals surface area contributed by atoms with Crippen LogP contribution in [0, 0.1) is 11.6 Å². The van der Waals surface area contributed by atoms with Crippen LogP contribution in [0.15, 0.2) is 60.5 Å². The third kappa shape index (κ3) is 6.80.